The number of hydrogen-bond donors (Lipinski definition) is 1. The Labute approximate surface area is 207 Å². The average Bonchev–Trinajstić information content (AvgIpc) is 2.92. The maximum atomic E-state index is 13.0. The van der Waals surface area contributed by atoms with Gasteiger partial charge in [-0.15, -0.1) is 0 Å². The third-order valence-electron chi connectivity index (χ3n) is 5.91. The number of morpholine rings is 1. The van der Waals surface area contributed by atoms with Crippen molar-refractivity contribution in [3.8, 4) is 28.6 Å². The van der Waals surface area contributed by atoms with Gasteiger partial charge in [0.05, 0.1) is 13.2 Å². The molecule has 1 saturated heterocycles. The normalized spacial score (nSPS) is 13.5. The molecule has 1 N–H and O–H groups in total. The number of rotatable bonds is 7. The van der Waals surface area contributed by atoms with Gasteiger partial charge in [-0.2, -0.15) is 0 Å². The van der Waals surface area contributed by atoms with Gasteiger partial charge in [-0.25, -0.2) is 0 Å². The summed E-state index contributed by atoms with van der Waals surface area (Å²) in [6.07, 6.45) is 0. The second kappa shape index (κ2) is 10.5. The number of amides is 1. The fourth-order valence-electron chi connectivity index (χ4n) is 4.03. The summed E-state index contributed by atoms with van der Waals surface area (Å²) >= 11 is 0. The van der Waals surface area contributed by atoms with Crippen LogP contribution in [0.5, 0.6) is 17.2 Å². The van der Waals surface area contributed by atoms with Crippen molar-refractivity contribution in [1.82, 2.24) is 4.90 Å². The first-order chi connectivity index (χ1) is 17.6. The van der Waals surface area contributed by atoms with E-state index < -0.39 is 11.2 Å². The smallest absolute Gasteiger partial charge is 0.260 e. The van der Waals surface area contributed by atoms with Gasteiger partial charge in [-0.1, -0.05) is 60.7 Å². The van der Waals surface area contributed by atoms with E-state index in [1.807, 2.05) is 60.7 Å². The summed E-state index contributed by atoms with van der Waals surface area (Å²) in [5, 5.41) is 11.0. The SMILES string of the molecule is O=C(COc1c(OCc2ccccc2)cc2oc(-c3ccccc3)cc(=O)c2c1O)N1CCOCC1. The Morgan fingerprint density at radius 1 is 0.944 bits per heavy atom. The Balaban J connectivity index is 1.52. The predicted octanol–water partition coefficient (Wildman–Crippen LogP) is 3.98. The van der Waals surface area contributed by atoms with Crippen LogP contribution < -0.4 is 14.9 Å². The third kappa shape index (κ3) is 5.04. The van der Waals surface area contributed by atoms with Gasteiger partial charge in [-0.05, 0) is 5.56 Å². The number of fused-ring (bicyclic) bond motifs is 1. The largest absolute Gasteiger partial charge is 0.504 e. The van der Waals surface area contributed by atoms with Crippen molar-refractivity contribution >= 4 is 16.9 Å². The van der Waals surface area contributed by atoms with Gasteiger partial charge in [0, 0.05) is 30.8 Å². The van der Waals surface area contributed by atoms with Gasteiger partial charge in [0.15, 0.2) is 23.5 Å². The quantitative estimate of drug-likeness (QED) is 0.421. The molecule has 8 heteroatoms. The molecule has 0 atom stereocenters. The summed E-state index contributed by atoms with van der Waals surface area (Å²) in [6.45, 7) is 1.72. The fraction of sp³-hybridized carbons (Fsp3) is 0.214. The zero-order valence-electron chi connectivity index (χ0n) is 19.5. The van der Waals surface area contributed by atoms with E-state index in [1.165, 1.54) is 12.1 Å². The van der Waals surface area contributed by atoms with Gasteiger partial charge in [0.2, 0.25) is 5.75 Å². The van der Waals surface area contributed by atoms with Gasteiger partial charge in [0.25, 0.3) is 5.91 Å². The summed E-state index contributed by atoms with van der Waals surface area (Å²) in [5.41, 5.74) is 1.33. The molecule has 4 aromatic rings. The highest BCUT2D eigenvalue weighted by Gasteiger charge is 2.23. The molecular formula is C28H25NO7. The fourth-order valence-corrected chi connectivity index (χ4v) is 4.03. The minimum Gasteiger partial charge on any atom is -0.504 e. The molecule has 36 heavy (non-hydrogen) atoms. The minimum absolute atomic E-state index is 0.0458. The highest BCUT2D eigenvalue weighted by atomic mass is 16.5. The van der Waals surface area contributed by atoms with E-state index in [4.69, 9.17) is 18.6 Å². The summed E-state index contributed by atoms with van der Waals surface area (Å²) < 4.78 is 23.0. The summed E-state index contributed by atoms with van der Waals surface area (Å²) in [7, 11) is 0. The summed E-state index contributed by atoms with van der Waals surface area (Å²) in [6, 6.07) is 21.5. The lowest BCUT2D eigenvalue weighted by Gasteiger charge is -2.27. The molecule has 0 aliphatic carbocycles. The Hall–Kier alpha value is -4.30. The molecular weight excluding hydrogens is 462 g/mol. The zero-order chi connectivity index (χ0) is 24.9. The second-order valence-corrected chi connectivity index (χ2v) is 8.32. The molecule has 1 aliphatic rings. The van der Waals surface area contributed by atoms with Crippen molar-refractivity contribution in [3.63, 3.8) is 0 Å². The van der Waals surface area contributed by atoms with E-state index in [0.717, 1.165) is 11.1 Å². The Morgan fingerprint density at radius 2 is 1.64 bits per heavy atom. The Kier molecular flexibility index (Phi) is 6.86. The lowest BCUT2D eigenvalue weighted by atomic mass is 10.1. The number of carbonyl (C=O) groups is 1. The first kappa shape index (κ1) is 23.4. The molecule has 0 bridgehead atoms. The van der Waals surface area contributed by atoms with Gasteiger partial charge in [0.1, 0.15) is 23.3 Å². The predicted molar refractivity (Wildman–Crippen MR) is 133 cm³/mol. The van der Waals surface area contributed by atoms with Crippen LogP contribution in [0.4, 0.5) is 0 Å². The third-order valence-corrected chi connectivity index (χ3v) is 5.91. The van der Waals surface area contributed by atoms with Crippen molar-refractivity contribution in [2.75, 3.05) is 32.9 Å². The first-order valence-corrected chi connectivity index (χ1v) is 11.6. The molecule has 2 heterocycles. The molecule has 184 valence electrons. The van der Waals surface area contributed by atoms with Crippen molar-refractivity contribution in [2.45, 2.75) is 6.61 Å². The molecule has 3 aromatic carbocycles. The Bertz CT molecular complexity index is 1410. The number of ether oxygens (including phenoxy) is 3. The molecule has 5 rings (SSSR count). The van der Waals surface area contributed by atoms with Crippen molar-refractivity contribution < 1.29 is 28.5 Å². The number of phenolic OH excluding ortho intramolecular Hbond substituents is 1. The van der Waals surface area contributed by atoms with Crippen molar-refractivity contribution in [3.05, 3.63) is 88.6 Å². The van der Waals surface area contributed by atoms with Crippen LogP contribution in [0.2, 0.25) is 0 Å². The van der Waals surface area contributed by atoms with Crippen LogP contribution in [0.25, 0.3) is 22.3 Å². The maximum absolute atomic E-state index is 13.0. The number of phenols is 1. The average molecular weight is 488 g/mol. The van der Waals surface area contributed by atoms with Crippen LogP contribution in [0.3, 0.4) is 0 Å². The molecule has 0 spiro atoms. The van der Waals surface area contributed by atoms with Crippen molar-refractivity contribution in [2.24, 2.45) is 0 Å². The van der Waals surface area contributed by atoms with E-state index in [2.05, 4.69) is 0 Å². The highest BCUT2D eigenvalue weighted by Crippen LogP contribution is 2.43. The number of aromatic hydroxyl groups is 1. The molecule has 1 amide bonds. The standard InChI is InChI=1S/C28H25NO7/c30-21-15-22(20-9-5-2-6-10-20)36-23-16-24(34-17-19-7-3-1-4-8-19)28(27(32)26(21)23)35-18-25(31)29-11-13-33-14-12-29/h1-10,15-16,32H,11-14,17-18H2. The van der Waals surface area contributed by atoms with Gasteiger partial charge < -0.3 is 28.6 Å². The number of hydrogen-bond acceptors (Lipinski definition) is 7. The van der Waals surface area contributed by atoms with Crippen LogP contribution >= 0.6 is 0 Å². The molecule has 8 nitrogen and oxygen atoms in total. The van der Waals surface area contributed by atoms with E-state index in [-0.39, 0.29) is 41.6 Å². The van der Waals surface area contributed by atoms with Crippen LogP contribution in [0, 0.1) is 0 Å². The van der Waals surface area contributed by atoms with E-state index >= 15 is 0 Å². The highest BCUT2D eigenvalue weighted by molar-refractivity contribution is 5.90. The summed E-state index contributed by atoms with van der Waals surface area (Å²) in [4.78, 5) is 27.3. The molecule has 0 unspecified atom stereocenters. The lowest BCUT2D eigenvalue weighted by molar-refractivity contribution is -0.137. The number of benzene rings is 3. The van der Waals surface area contributed by atoms with Crippen LogP contribution in [0.1, 0.15) is 5.56 Å². The lowest BCUT2D eigenvalue weighted by Crippen LogP contribution is -2.43. The number of carbonyl (C=O) groups excluding carboxylic acids is 1. The zero-order valence-corrected chi connectivity index (χ0v) is 19.5. The molecule has 1 aliphatic heterocycles. The first-order valence-electron chi connectivity index (χ1n) is 11.6. The molecule has 1 fully saturated rings. The molecule has 1 aromatic heterocycles. The van der Waals surface area contributed by atoms with Gasteiger partial charge >= 0.3 is 0 Å². The molecule has 0 radical (unpaired) electrons. The molecule has 0 saturated carbocycles. The van der Waals surface area contributed by atoms with Gasteiger partial charge in [-0.3, -0.25) is 9.59 Å². The van der Waals surface area contributed by atoms with Crippen LogP contribution in [-0.2, 0) is 16.1 Å². The summed E-state index contributed by atoms with van der Waals surface area (Å²) in [5.74, 6) is -0.249. The van der Waals surface area contributed by atoms with E-state index in [1.54, 1.807) is 4.90 Å². The topological polar surface area (TPSA) is 98.4 Å². The van der Waals surface area contributed by atoms with Crippen molar-refractivity contribution in [1.29, 1.82) is 0 Å². The monoisotopic (exact) mass is 487 g/mol. The van der Waals surface area contributed by atoms with E-state index in [9.17, 15) is 14.7 Å². The Morgan fingerprint density at radius 3 is 2.36 bits per heavy atom. The minimum atomic E-state index is -0.438. The van der Waals surface area contributed by atoms with Crippen LogP contribution in [0.15, 0.2) is 82.0 Å². The maximum Gasteiger partial charge on any atom is 0.260 e. The number of nitrogens with zero attached hydrogens (tertiary/aromatic N) is 1. The van der Waals surface area contributed by atoms with E-state index in [0.29, 0.717) is 32.1 Å². The second-order valence-electron chi connectivity index (χ2n) is 8.32. The van der Waals surface area contributed by atoms with Crippen LogP contribution in [-0.4, -0.2) is 48.8 Å².